The minimum Gasteiger partial charge on any atom is -0.383 e. The van der Waals surface area contributed by atoms with Crippen LogP contribution in [-0.2, 0) is 27.4 Å². The van der Waals surface area contributed by atoms with Gasteiger partial charge in [-0.1, -0.05) is 0 Å². The van der Waals surface area contributed by atoms with Crippen LogP contribution < -0.4 is 0 Å². The summed E-state index contributed by atoms with van der Waals surface area (Å²) in [7, 11) is 1.59. The average Bonchev–Trinajstić information content (AvgIpc) is 3.25. The Morgan fingerprint density at radius 2 is 1.97 bits per heavy atom. The molecule has 3 heterocycles. The third kappa shape index (κ3) is 3.86. The van der Waals surface area contributed by atoms with Crippen LogP contribution in [0.1, 0.15) is 36.7 Å². The smallest absolute Gasteiger partial charge is 0.229 e. The maximum atomic E-state index is 13.7. The number of carbonyl (C=O) groups is 1. The van der Waals surface area contributed by atoms with E-state index in [9.17, 15) is 13.6 Å². The molecule has 2 saturated heterocycles. The van der Waals surface area contributed by atoms with Gasteiger partial charge in [0.25, 0.3) is 0 Å². The fourth-order valence-electron chi connectivity index (χ4n) is 4.29. The zero-order valence-electron chi connectivity index (χ0n) is 16.2. The lowest BCUT2D eigenvalue weighted by atomic mass is 9.77. The quantitative estimate of drug-likeness (QED) is 0.727. The molecule has 1 atom stereocenters. The van der Waals surface area contributed by atoms with Crippen molar-refractivity contribution in [3.63, 3.8) is 0 Å². The normalized spacial score (nSPS) is 21.3. The Labute approximate surface area is 166 Å². The van der Waals surface area contributed by atoms with Crippen LogP contribution in [0.5, 0.6) is 0 Å². The highest BCUT2D eigenvalue weighted by Gasteiger charge is 2.53. The van der Waals surface area contributed by atoms with Gasteiger partial charge in [0, 0.05) is 32.9 Å². The van der Waals surface area contributed by atoms with Crippen molar-refractivity contribution in [3.05, 3.63) is 41.2 Å². The molecule has 10 heteroatoms. The molecule has 2 aromatic rings. The van der Waals surface area contributed by atoms with Crippen molar-refractivity contribution in [3.8, 4) is 0 Å². The first-order chi connectivity index (χ1) is 14.0. The van der Waals surface area contributed by atoms with E-state index in [0.29, 0.717) is 57.0 Å². The molecule has 1 aromatic carbocycles. The summed E-state index contributed by atoms with van der Waals surface area (Å²) in [4.78, 5) is 15.1. The van der Waals surface area contributed by atoms with Gasteiger partial charge in [-0.05, 0) is 47.4 Å². The van der Waals surface area contributed by atoms with E-state index in [-0.39, 0.29) is 12.5 Å². The number of halogens is 2. The van der Waals surface area contributed by atoms with Crippen molar-refractivity contribution >= 4 is 5.91 Å². The first-order valence-electron chi connectivity index (χ1n) is 9.61. The number of carbonyl (C=O) groups excluding carboxylic acids is 1. The topological polar surface area (TPSA) is 82.4 Å². The van der Waals surface area contributed by atoms with Crippen LogP contribution in [0.15, 0.2) is 18.2 Å². The van der Waals surface area contributed by atoms with E-state index >= 15 is 0 Å². The summed E-state index contributed by atoms with van der Waals surface area (Å²) >= 11 is 0. The molecule has 1 amide bonds. The fourth-order valence-corrected chi connectivity index (χ4v) is 4.29. The van der Waals surface area contributed by atoms with Crippen LogP contribution in [0.25, 0.3) is 0 Å². The Kier molecular flexibility index (Phi) is 5.55. The minimum absolute atomic E-state index is 0.0447. The van der Waals surface area contributed by atoms with Crippen LogP contribution in [0.4, 0.5) is 8.78 Å². The van der Waals surface area contributed by atoms with Gasteiger partial charge in [0.05, 0.1) is 24.6 Å². The third-order valence-corrected chi connectivity index (χ3v) is 5.76. The summed E-state index contributed by atoms with van der Waals surface area (Å²) in [5.74, 6) is -0.838. The highest BCUT2D eigenvalue weighted by atomic mass is 19.1. The number of benzene rings is 1. The van der Waals surface area contributed by atoms with E-state index in [1.165, 1.54) is 12.1 Å². The van der Waals surface area contributed by atoms with Gasteiger partial charge in [0.1, 0.15) is 11.6 Å². The molecule has 0 radical (unpaired) electrons. The molecule has 0 aliphatic carbocycles. The number of likely N-dealkylation sites (tertiary alicyclic amines) is 1. The van der Waals surface area contributed by atoms with Gasteiger partial charge in [0.2, 0.25) is 5.91 Å². The Morgan fingerprint density at radius 3 is 2.66 bits per heavy atom. The van der Waals surface area contributed by atoms with Crippen LogP contribution in [0.3, 0.4) is 0 Å². The number of aromatic nitrogens is 4. The molecule has 0 saturated carbocycles. The average molecular weight is 407 g/mol. The number of ether oxygens (including phenoxy) is 2. The van der Waals surface area contributed by atoms with E-state index in [1.807, 2.05) is 0 Å². The number of tetrazole rings is 1. The molecule has 29 heavy (non-hydrogen) atoms. The molecule has 4 rings (SSSR count). The minimum atomic E-state index is -0.672. The number of nitrogens with zero attached hydrogens (tertiary/aromatic N) is 5. The van der Waals surface area contributed by atoms with Gasteiger partial charge < -0.3 is 14.4 Å². The number of hydrogen-bond acceptors (Lipinski definition) is 6. The maximum Gasteiger partial charge on any atom is 0.229 e. The molecule has 8 nitrogen and oxygen atoms in total. The highest BCUT2D eigenvalue weighted by molar-refractivity contribution is 5.85. The zero-order chi connectivity index (χ0) is 20.4. The van der Waals surface area contributed by atoms with Gasteiger partial charge in [-0.15, -0.1) is 5.10 Å². The molecule has 2 aliphatic heterocycles. The van der Waals surface area contributed by atoms with E-state index in [4.69, 9.17) is 9.47 Å². The number of methoxy groups -OCH3 is 1. The summed E-state index contributed by atoms with van der Waals surface area (Å²) in [6, 6.07) is 2.92. The lowest BCUT2D eigenvalue weighted by Crippen LogP contribution is -2.38. The molecule has 1 aromatic heterocycles. The second kappa shape index (κ2) is 8.11. The Morgan fingerprint density at radius 1 is 1.24 bits per heavy atom. The van der Waals surface area contributed by atoms with Crippen molar-refractivity contribution in [1.82, 2.24) is 25.1 Å². The molecule has 2 fully saturated rings. The van der Waals surface area contributed by atoms with E-state index < -0.39 is 23.1 Å². The van der Waals surface area contributed by atoms with Crippen molar-refractivity contribution in [2.75, 3.05) is 26.9 Å². The summed E-state index contributed by atoms with van der Waals surface area (Å²) in [5, 5.41) is 12.0. The molecule has 2 aliphatic rings. The van der Waals surface area contributed by atoms with Crippen molar-refractivity contribution in [2.45, 2.75) is 38.4 Å². The van der Waals surface area contributed by atoms with Crippen molar-refractivity contribution in [1.29, 1.82) is 0 Å². The van der Waals surface area contributed by atoms with Gasteiger partial charge in [-0.3, -0.25) is 4.79 Å². The fraction of sp³-hybridized carbons (Fsp3) is 0.579. The van der Waals surface area contributed by atoms with Crippen molar-refractivity contribution in [2.24, 2.45) is 5.41 Å². The largest absolute Gasteiger partial charge is 0.383 e. The molecular weight excluding hydrogens is 384 g/mol. The predicted octanol–water partition coefficient (Wildman–Crippen LogP) is 1.87. The number of hydrogen-bond donors (Lipinski definition) is 0. The number of amides is 1. The van der Waals surface area contributed by atoms with Crippen LogP contribution in [0, 0.1) is 17.0 Å². The Balaban J connectivity index is 1.68. The van der Waals surface area contributed by atoms with E-state index in [2.05, 4.69) is 15.5 Å². The standard InChI is InChI=1S/C19H23F2N5O3/c1-28-7-4-26-17(22-23-24-26)16-11-19(2-5-29-6-3-19)18(27)25(16)12-13-8-14(20)10-15(21)9-13/h8-10,16H,2-7,11-12H2,1H3. The second-order valence-electron chi connectivity index (χ2n) is 7.58. The molecule has 0 bridgehead atoms. The monoisotopic (exact) mass is 407 g/mol. The molecule has 0 N–H and O–H groups in total. The maximum absolute atomic E-state index is 13.7. The van der Waals surface area contributed by atoms with E-state index in [1.54, 1.807) is 16.7 Å². The Hall–Kier alpha value is -2.46. The van der Waals surface area contributed by atoms with Crippen LogP contribution in [0.2, 0.25) is 0 Å². The van der Waals surface area contributed by atoms with Crippen LogP contribution >= 0.6 is 0 Å². The van der Waals surface area contributed by atoms with E-state index in [0.717, 1.165) is 6.07 Å². The summed E-state index contributed by atoms with van der Waals surface area (Å²) < 4.78 is 39.6. The number of rotatable bonds is 6. The zero-order valence-corrected chi connectivity index (χ0v) is 16.2. The predicted molar refractivity (Wildman–Crippen MR) is 96.4 cm³/mol. The second-order valence-corrected chi connectivity index (χ2v) is 7.58. The lowest BCUT2D eigenvalue weighted by molar-refractivity contribution is -0.141. The summed E-state index contributed by atoms with van der Waals surface area (Å²) in [5.41, 5.74) is -0.173. The molecule has 1 unspecified atom stereocenters. The van der Waals surface area contributed by atoms with Crippen molar-refractivity contribution < 1.29 is 23.0 Å². The van der Waals surface area contributed by atoms with Gasteiger partial charge in [-0.2, -0.15) is 0 Å². The molecular formula is C19H23F2N5O3. The Bertz CT molecular complexity index is 864. The van der Waals surface area contributed by atoms with Gasteiger partial charge in [-0.25, -0.2) is 13.5 Å². The van der Waals surface area contributed by atoms with Gasteiger partial charge in [0.15, 0.2) is 5.82 Å². The molecule has 156 valence electrons. The lowest BCUT2D eigenvalue weighted by Gasteiger charge is -2.31. The molecule has 1 spiro atoms. The first-order valence-corrected chi connectivity index (χ1v) is 9.61. The first kappa shape index (κ1) is 19.8. The SMILES string of the molecule is COCCn1nnnc1C1CC2(CCOCC2)C(=O)N1Cc1cc(F)cc(F)c1. The third-order valence-electron chi connectivity index (χ3n) is 5.76. The summed E-state index contributed by atoms with van der Waals surface area (Å²) in [6.07, 6.45) is 1.76. The summed E-state index contributed by atoms with van der Waals surface area (Å²) in [6.45, 7) is 1.97. The highest BCUT2D eigenvalue weighted by Crippen LogP contribution is 2.49. The van der Waals surface area contributed by atoms with Crippen LogP contribution in [-0.4, -0.2) is 57.9 Å². The van der Waals surface area contributed by atoms with Gasteiger partial charge >= 0.3 is 0 Å².